The van der Waals surface area contributed by atoms with Gasteiger partial charge in [-0.15, -0.1) is 0 Å². The van der Waals surface area contributed by atoms with Crippen LogP contribution in [-0.4, -0.2) is 30.3 Å². The summed E-state index contributed by atoms with van der Waals surface area (Å²) >= 11 is 0. The van der Waals surface area contributed by atoms with E-state index >= 15 is 0 Å². The van der Waals surface area contributed by atoms with E-state index in [9.17, 15) is 4.79 Å². The second-order valence-electron chi connectivity index (χ2n) is 7.34. The van der Waals surface area contributed by atoms with Crippen molar-refractivity contribution in [3.8, 4) is 0 Å². The highest BCUT2D eigenvalue weighted by molar-refractivity contribution is 5.88. The van der Waals surface area contributed by atoms with E-state index in [0.29, 0.717) is 11.7 Å². The van der Waals surface area contributed by atoms with Crippen LogP contribution >= 0.6 is 0 Å². The van der Waals surface area contributed by atoms with Crippen molar-refractivity contribution in [1.82, 2.24) is 4.90 Å². The van der Waals surface area contributed by atoms with Gasteiger partial charge in [-0.25, -0.2) is 0 Å². The summed E-state index contributed by atoms with van der Waals surface area (Å²) in [6.45, 7) is 7.57. The average Bonchev–Trinajstić information content (AvgIpc) is 2.57. The minimum Gasteiger partial charge on any atom is -0.303 e. The molecule has 2 rings (SSSR count). The van der Waals surface area contributed by atoms with Crippen molar-refractivity contribution in [2.75, 3.05) is 13.6 Å². The normalized spacial score (nSPS) is 36.3. The van der Waals surface area contributed by atoms with Crippen molar-refractivity contribution >= 4 is 5.78 Å². The van der Waals surface area contributed by atoms with E-state index in [-0.39, 0.29) is 5.41 Å². The van der Waals surface area contributed by atoms with Gasteiger partial charge in [0.15, 0.2) is 0 Å². The lowest BCUT2D eigenvalue weighted by molar-refractivity contribution is -0.128. The Morgan fingerprint density at radius 2 is 1.78 bits per heavy atom. The fourth-order valence-corrected chi connectivity index (χ4v) is 3.70. The molecule has 0 aromatic heterocycles. The average molecular weight is 251 g/mol. The summed E-state index contributed by atoms with van der Waals surface area (Å²) in [7, 11) is 2.22. The molecule has 0 aromatic rings. The summed E-state index contributed by atoms with van der Waals surface area (Å²) in [5.41, 5.74) is -0.0629. The Balaban J connectivity index is 1.85. The first-order chi connectivity index (χ1) is 8.40. The third-order valence-electron chi connectivity index (χ3n) is 5.27. The van der Waals surface area contributed by atoms with E-state index in [2.05, 4.69) is 32.7 Å². The van der Waals surface area contributed by atoms with Crippen LogP contribution in [-0.2, 0) is 4.79 Å². The first-order valence-corrected chi connectivity index (χ1v) is 7.64. The van der Waals surface area contributed by atoms with Crippen molar-refractivity contribution < 1.29 is 4.79 Å². The van der Waals surface area contributed by atoms with Gasteiger partial charge in [0.25, 0.3) is 0 Å². The SMILES string of the molecule is CC1CCC(N(C)CC2CCC(C)(C)C2=O)CC1. The smallest absolute Gasteiger partial charge is 0.142 e. The highest BCUT2D eigenvalue weighted by Crippen LogP contribution is 2.38. The lowest BCUT2D eigenvalue weighted by atomic mass is 9.86. The molecule has 0 radical (unpaired) electrons. The van der Waals surface area contributed by atoms with E-state index in [1.165, 1.54) is 25.7 Å². The molecule has 0 spiro atoms. The quantitative estimate of drug-likeness (QED) is 0.765. The number of Topliss-reactive ketones (excluding diaryl/α,β-unsaturated/α-hetero) is 1. The summed E-state index contributed by atoms with van der Waals surface area (Å²) in [5, 5.41) is 0. The Morgan fingerprint density at radius 1 is 1.17 bits per heavy atom. The molecule has 2 saturated carbocycles. The van der Waals surface area contributed by atoms with Crippen LogP contribution in [0.5, 0.6) is 0 Å². The van der Waals surface area contributed by atoms with Crippen LogP contribution in [0.2, 0.25) is 0 Å². The Bertz CT molecular complexity index is 302. The Morgan fingerprint density at radius 3 is 2.28 bits per heavy atom. The van der Waals surface area contributed by atoms with Gasteiger partial charge >= 0.3 is 0 Å². The van der Waals surface area contributed by atoms with Crippen molar-refractivity contribution in [1.29, 1.82) is 0 Å². The second-order valence-corrected chi connectivity index (χ2v) is 7.34. The number of rotatable bonds is 3. The van der Waals surface area contributed by atoms with Crippen LogP contribution in [0.15, 0.2) is 0 Å². The minimum absolute atomic E-state index is 0.0629. The van der Waals surface area contributed by atoms with E-state index in [1.54, 1.807) is 0 Å². The molecular weight excluding hydrogens is 222 g/mol. The van der Waals surface area contributed by atoms with Crippen molar-refractivity contribution in [3.63, 3.8) is 0 Å². The third kappa shape index (κ3) is 2.96. The molecule has 2 heteroatoms. The van der Waals surface area contributed by atoms with Crippen LogP contribution in [0.4, 0.5) is 0 Å². The maximum atomic E-state index is 12.3. The lowest BCUT2D eigenvalue weighted by Crippen LogP contribution is -2.39. The largest absolute Gasteiger partial charge is 0.303 e. The van der Waals surface area contributed by atoms with Gasteiger partial charge in [-0.1, -0.05) is 20.8 Å². The maximum Gasteiger partial charge on any atom is 0.142 e. The first kappa shape index (κ1) is 14.0. The van der Waals surface area contributed by atoms with Gasteiger partial charge in [-0.2, -0.15) is 0 Å². The zero-order valence-electron chi connectivity index (χ0n) is 12.5. The zero-order chi connectivity index (χ0) is 13.3. The molecule has 2 aliphatic carbocycles. The predicted molar refractivity (Wildman–Crippen MR) is 75.6 cm³/mol. The van der Waals surface area contributed by atoms with Crippen LogP contribution in [0, 0.1) is 17.3 Å². The lowest BCUT2D eigenvalue weighted by Gasteiger charge is -2.34. The number of hydrogen-bond acceptors (Lipinski definition) is 2. The molecule has 1 unspecified atom stereocenters. The van der Waals surface area contributed by atoms with Crippen molar-refractivity contribution in [3.05, 3.63) is 0 Å². The number of ketones is 1. The second kappa shape index (κ2) is 5.32. The molecule has 2 nitrogen and oxygen atoms in total. The molecule has 0 N–H and O–H groups in total. The number of nitrogens with zero attached hydrogens (tertiary/aromatic N) is 1. The van der Waals surface area contributed by atoms with E-state index in [4.69, 9.17) is 0 Å². The summed E-state index contributed by atoms with van der Waals surface area (Å²) in [6, 6.07) is 0.720. The van der Waals surface area contributed by atoms with E-state index in [1.807, 2.05) is 0 Å². The Hall–Kier alpha value is -0.370. The number of carbonyl (C=O) groups excluding carboxylic acids is 1. The highest BCUT2D eigenvalue weighted by atomic mass is 16.1. The summed E-state index contributed by atoms with van der Waals surface area (Å²) in [6.07, 6.45) is 7.54. The molecule has 104 valence electrons. The zero-order valence-corrected chi connectivity index (χ0v) is 12.5. The van der Waals surface area contributed by atoms with Crippen LogP contribution in [0.25, 0.3) is 0 Å². The molecule has 0 amide bonds. The number of carbonyl (C=O) groups is 1. The van der Waals surface area contributed by atoms with Crippen LogP contribution in [0.1, 0.15) is 59.3 Å². The van der Waals surface area contributed by atoms with Crippen LogP contribution < -0.4 is 0 Å². The predicted octanol–water partition coefficient (Wildman–Crippen LogP) is 3.50. The molecule has 1 atom stereocenters. The van der Waals surface area contributed by atoms with Crippen molar-refractivity contribution in [2.24, 2.45) is 17.3 Å². The Labute approximate surface area is 112 Å². The van der Waals surface area contributed by atoms with Gasteiger partial charge in [0.1, 0.15) is 5.78 Å². The molecular formula is C16H29NO. The fraction of sp³-hybridized carbons (Fsp3) is 0.938. The van der Waals surface area contributed by atoms with Gasteiger partial charge < -0.3 is 4.90 Å². The summed E-state index contributed by atoms with van der Waals surface area (Å²) in [4.78, 5) is 14.7. The van der Waals surface area contributed by atoms with E-state index < -0.39 is 0 Å². The van der Waals surface area contributed by atoms with Gasteiger partial charge in [0.05, 0.1) is 0 Å². The minimum atomic E-state index is -0.0629. The molecule has 0 saturated heterocycles. The molecule has 0 aliphatic heterocycles. The van der Waals surface area contributed by atoms with Gasteiger partial charge in [-0.05, 0) is 51.5 Å². The fourth-order valence-electron chi connectivity index (χ4n) is 3.70. The Kier molecular flexibility index (Phi) is 4.15. The van der Waals surface area contributed by atoms with E-state index in [0.717, 1.165) is 31.3 Å². The molecule has 18 heavy (non-hydrogen) atoms. The van der Waals surface area contributed by atoms with Crippen molar-refractivity contribution in [2.45, 2.75) is 65.3 Å². The molecule has 0 bridgehead atoms. The number of hydrogen-bond donors (Lipinski definition) is 0. The molecule has 2 aliphatic rings. The topological polar surface area (TPSA) is 20.3 Å². The highest BCUT2D eigenvalue weighted by Gasteiger charge is 2.41. The third-order valence-corrected chi connectivity index (χ3v) is 5.27. The molecule has 0 aromatic carbocycles. The van der Waals surface area contributed by atoms with Gasteiger partial charge in [-0.3, -0.25) is 4.79 Å². The molecule has 0 heterocycles. The first-order valence-electron chi connectivity index (χ1n) is 7.64. The summed E-state index contributed by atoms with van der Waals surface area (Å²) in [5.74, 6) is 1.70. The van der Waals surface area contributed by atoms with Gasteiger partial charge in [0.2, 0.25) is 0 Å². The molecule has 2 fully saturated rings. The monoisotopic (exact) mass is 251 g/mol. The summed E-state index contributed by atoms with van der Waals surface area (Å²) < 4.78 is 0. The standard InChI is InChI=1S/C16H29NO/c1-12-5-7-14(8-6-12)17(4)11-13-9-10-16(2,3)15(13)18/h12-14H,5-11H2,1-4H3. The van der Waals surface area contributed by atoms with Gasteiger partial charge in [0, 0.05) is 23.9 Å². The maximum absolute atomic E-state index is 12.3. The van der Waals surface area contributed by atoms with Crippen LogP contribution in [0.3, 0.4) is 0 Å².